The number of aromatic nitrogens is 2. The topological polar surface area (TPSA) is 70.6 Å². The molecule has 3 rings (SSSR count). The minimum absolute atomic E-state index is 0.107. The summed E-state index contributed by atoms with van der Waals surface area (Å²) in [5, 5.41) is 3.34. The Balaban J connectivity index is 1.71. The maximum Gasteiger partial charge on any atom is 0.323 e. The first-order valence-corrected chi connectivity index (χ1v) is 8.63. The molecule has 26 heavy (non-hydrogen) atoms. The van der Waals surface area contributed by atoms with Gasteiger partial charge in [0.15, 0.2) is 0 Å². The molecule has 0 spiro atoms. The van der Waals surface area contributed by atoms with E-state index in [-0.39, 0.29) is 18.1 Å². The Morgan fingerprint density at radius 1 is 1.27 bits per heavy atom. The van der Waals surface area contributed by atoms with E-state index in [4.69, 9.17) is 4.74 Å². The molecule has 2 aromatic rings. The number of carbonyl (C=O) groups is 1. The van der Waals surface area contributed by atoms with E-state index in [9.17, 15) is 4.79 Å². The standard InChI is InChI=1S/C19H25N5O2/c1-23(2)15-7-5-13(6-8-15)16-9-10-20-19(22-16)21-14-11-17(18(25)26-4)24(3)12-14/h5-10,14,17H,11-12H2,1-4H3,(H,20,21,22)/t14-,17+/m1/s1. The van der Waals surface area contributed by atoms with Gasteiger partial charge in [-0.1, -0.05) is 12.1 Å². The largest absolute Gasteiger partial charge is 0.468 e. The number of benzene rings is 1. The van der Waals surface area contributed by atoms with Crippen molar-refractivity contribution in [3.8, 4) is 11.3 Å². The van der Waals surface area contributed by atoms with Crippen LogP contribution in [0.3, 0.4) is 0 Å². The zero-order chi connectivity index (χ0) is 18.7. The molecule has 1 aliphatic heterocycles. The molecule has 1 aromatic carbocycles. The molecule has 0 amide bonds. The van der Waals surface area contributed by atoms with Crippen LogP contribution in [0.15, 0.2) is 36.5 Å². The number of carbonyl (C=O) groups excluding carboxylic acids is 1. The van der Waals surface area contributed by atoms with Gasteiger partial charge in [-0.2, -0.15) is 0 Å². The van der Waals surface area contributed by atoms with Crippen molar-refractivity contribution in [3.63, 3.8) is 0 Å². The fourth-order valence-electron chi connectivity index (χ4n) is 3.22. The Labute approximate surface area is 154 Å². The van der Waals surface area contributed by atoms with Gasteiger partial charge in [0.25, 0.3) is 0 Å². The maximum atomic E-state index is 11.8. The van der Waals surface area contributed by atoms with Crippen LogP contribution < -0.4 is 10.2 Å². The van der Waals surface area contributed by atoms with Gasteiger partial charge < -0.3 is 15.0 Å². The molecular weight excluding hydrogens is 330 g/mol. The number of anilines is 2. The van der Waals surface area contributed by atoms with Gasteiger partial charge in [-0.05, 0) is 31.7 Å². The average molecular weight is 355 g/mol. The third kappa shape index (κ3) is 3.94. The highest BCUT2D eigenvalue weighted by Crippen LogP contribution is 2.23. The second-order valence-corrected chi connectivity index (χ2v) is 6.76. The molecule has 2 atom stereocenters. The van der Waals surface area contributed by atoms with Crippen LogP contribution in [-0.4, -0.2) is 67.7 Å². The number of hydrogen-bond acceptors (Lipinski definition) is 7. The van der Waals surface area contributed by atoms with Gasteiger partial charge >= 0.3 is 5.97 Å². The highest BCUT2D eigenvalue weighted by atomic mass is 16.5. The molecule has 7 heteroatoms. The van der Waals surface area contributed by atoms with Gasteiger partial charge in [0, 0.05) is 44.1 Å². The molecule has 0 bridgehead atoms. The van der Waals surface area contributed by atoms with Crippen molar-refractivity contribution in [2.45, 2.75) is 18.5 Å². The Kier molecular flexibility index (Phi) is 5.37. The third-order valence-corrected chi connectivity index (χ3v) is 4.69. The van der Waals surface area contributed by atoms with Crippen molar-refractivity contribution in [3.05, 3.63) is 36.5 Å². The first-order chi connectivity index (χ1) is 12.5. The summed E-state index contributed by atoms with van der Waals surface area (Å²) in [6.07, 6.45) is 2.43. The predicted octanol–water partition coefficient (Wildman–Crippen LogP) is 1.87. The Morgan fingerprint density at radius 3 is 2.65 bits per heavy atom. The normalized spacial score (nSPS) is 20.0. The van der Waals surface area contributed by atoms with E-state index < -0.39 is 0 Å². The summed E-state index contributed by atoms with van der Waals surface area (Å²) < 4.78 is 4.86. The number of esters is 1. The lowest BCUT2D eigenvalue weighted by Crippen LogP contribution is -2.33. The molecule has 0 radical (unpaired) electrons. The number of ether oxygens (including phenoxy) is 1. The second-order valence-electron chi connectivity index (χ2n) is 6.76. The van der Waals surface area contributed by atoms with Gasteiger partial charge in [-0.15, -0.1) is 0 Å². The van der Waals surface area contributed by atoms with Gasteiger partial charge in [0.05, 0.1) is 12.8 Å². The van der Waals surface area contributed by atoms with Crippen LogP contribution in [-0.2, 0) is 9.53 Å². The molecule has 1 N–H and O–H groups in total. The minimum atomic E-state index is -0.223. The van der Waals surface area contributed by atoms with Crippen molar-refractivity contribution < 1.29 is 9.53 Å². The van der Waals surface area contributed by atoms with E-state index in [0.717, 1.165) is 23.5 Å². The summed E-state index contributed by atoms with van der Waals surface area (Å²) in [5.41, 5.74) is 3.05. The van der Waals surface area contributed by atoms with Crippen molar-refractivity contribution >= 4 is 17.6 Å². The van der Waals surface area contributed by atoms with E-state index >= 15 is 0 Å². The van der Waals surface area contributed by atoms with Crippen LogP contribution in [0, 0.1) is 0 Å². The molecular formula is C19H25N5O2. The monoisotopic (exact) mass is 355 g/mol. The number of likely N-dealkylation sites (N-methyl/N-ethyl adjacent to an activating group) is 1. The van der Waals surface area contributed by atoms with E-state index in [1.165, 1.54) is 7.11 Å². The molecule has 0 unspecified atom stereocenters. The number of methoxy groups -OCH3 is 1. The smallest absolute Gasteiger partial charge is 0.323 e. The lowest BCUT2D eigenvalue weighted by atomic mass is 10.1. The van der Waals surface area contributed by atoms with E-state index in [0.29, 0.717) is 12.4 Å². The molecule has 7 nitrogen and oxygen atoms in total. The third-order valence-electron chi connectivity index (χ3n) is 4.69. The van der Waals surface area contributed by atoms with Gasteiger partial charge in [0.1, 0.15) is 6.04 Å². The summed E-state index contributed by atoms with van der Waals surface area (Å²) in [6, 6.07) is 10.0. The highest BCUT2D eigenvalue weighted by Gasteiger charge is 2.35. The van der Waals surface area contributed by atoms with Crippen molar-refractivity contribution in [2.24, 2.45) is 0 Å². The predicted molar refractivity (Wildman–Crippen MR) is 102 cm³/mol. The molecule has 0 aliphatic carbocycles. The molecule has 1 aliphatic rings. The fraction of sp³-hybridized carbons (Fsp3) is 0.421. The first kappa shape index (κ1) is 18.1. The molecule has 0 saturated carbocycles. The van der Waals surface area contributed by atoms with Crippen molar-refractivity contribution in [2.75, 3.05) is 45.0 Å². The zero-order valence-electron chi connectivity index (χ0n) is 15.6. The fourth-order valence-corrected chi connectivity index (χ4v) is 3.22. The Hall–Kier alpha value is -2.67. The van der Waals surface area contributed by atoms with Gasteiger partial charge in [0.2, 0.25) is 5.95 Å². The lowest BCUT2D eigenvalue weighted by Gasteiger charge is -2.15. The second kappa shape index (κ2) is 7.70. The van der Waals surface area contributed by atoms with E-state index in [2.05, 4.69) is 44.5 Å². The number of nitrogens with zero attached hydrogens (tertiary/aromatic N) is 4. The average Bonchev–Trinajstić information content (AvgIpc) is 3.01. The van der Waals surface area contributed by atoms with E-state index in [1.54, 1.807) is 6.20 Å². The minimum Gasteiger partial charge on any atom is -0.468 e. The van der Waals surface area contributed by atoms with Crippen LogP contribution in [0.5, 0.6) is 0 Å². The highest BCUT2D eigenvalue weighted by molar-refractivity contribution is 5.76. The van der Waals surface area contributed by atoms with Crippen LogP contribution in [0.1, 0.15) is 6.42 Å². The van der Waals surface area contributed by atoms with Crippen LogP contribution in [0.4, 0.5) is 11.6 Å². The molecule has 1 saturated heterocycles. The van der Waals surface area contributed by atoms with Gasteiger partial charge in [-0.25, -0.2) is 9.97 Å². The number of nitrogens with one attached hydrogen (secondary N) is 1. The summed E-state index contributed by atoms with van der Waals surface area (Å²) in [5.74, 6) is 0.371. The first-order valence-electron chi connectivity index (χ1n) is 8.63. The SMILES string of the molecule is COC(=O)[C@@H]1C[C@@H](Nc2nccc(-c3ccc(N(C)C)cc3)n2)CN1C. The quantitative estimate of drug-likeness (QED) is 0.821. The number of rotatable bonds is 5. The zero-order valence-corrected chi connectivity index (χ0v) is 15.6. The van der Waals surface area contributed by atoms with Crippen LogP contribution in [0.25, 0.3) is 11.3 Å². The number of hydrogen-bond donors (Lipinski definition) is 1. The van der Waals surface area contributed by atoms with Crippen LogP contribution >= 0.6 is 0 Å². The van der Waals surface area contributed by atoms with Crippen molar-refractivity contribution in [1.82, 2.24) is 14.9 Å². The Morgan fingerprint density at radius 2 is 2.00 bits per heavy atom. The molecule has 1 fully saturated rings. The van der Waals surface area contributed by atoms with Gasteiger partial charge in [-0.3, -0.25) is 9.69 Å². The summed E-state index contributed by atoms with van der Waals surface area (Å²) >= 11 is 0. The Bertz CT molecular complexity index is 763. The summed E-state index contributed by atoms with van der Waals surface area (Å²) in [4.78, 5) is 24.8. The summed E-state index contributed by atoms with van der Waals surface area (Å²) in [7, 11) is 7.38. The van der Waals surface area contributed by atoms with Crippen molar-refractivity contribution in [1.29, 1.82) is 0 Å². The maximum absolute atomic E-state index is 11.8. The van der Waals surface area contributed by atoms with E-state index in [1.807, 2.05) is 32.1 Å². The molecule has 2 heterocycles. The molecule has 138 valence electrons. The summed E-state index contributed by atoms with van der Waals surface area (Å²) in [6.45, 7) is 0.741. The molecule has 1 aromatic heterocycles. The number of likely N-dealkylation sites (tertiary alicyclic amines) is 1. The lowest BCUT2D eigenvalue weighted by molar-refractivity contribution is -0.145. The van der Waals surface area contributed by atoms with Crippen LogP contribution in [0.2, 0.25) is 0 Å².